The van der Waals surface area contributed by atoms with Gasteiger partial charge >= 0.3 is 0 Å². The zero-order chi connectivity index (χ0) is 22.7. The van der Waals surface area contributed by atoms with Gasteiger partial charge in [0.2, 0.25) is 17.7 Å². The van der Waals surface area contributed by atoms with E-state index in [9.17, 15) is 14.4 Å². The topological polar surface area (TPSA) is 66.5 Å². The lowest BCUT2D eigenvalue weighted by Crippen LogP contribution is -2.31. The average Bonchev–Trinajstić information content (AvgIpc) is 3.05. The van der Waals surface area contributed by atoms with Crippen molar-refractivity contribution in [2.24, 2.45) is 0 Å². The number of hydrogen-bond donors (Lipinski definition) is 1. The highest BCUT2D eigenvalue weighted by molar-refractivity contribution is 8.00. The van der Waals surface area contributed by atoms with Gasteiger partial charge in [-0.2, -0.15) is 0 Å². The molecular formula is C24H18Cl2N2O3S. The Hall–Kier alpha value is -2.80. The summed E-state index contributed by atoms with van der Waals surface area (Å²) in [5.74, 6) is -0.619. The number of anilines is 2. The minimum atomic E-state index is -0.497. The fraction of sp³-hybridized carbons (Fsp3) is 0.125. The van der Waals surface area contributed by atoms with E-state index in [0.717, 1.165) is 10.5 Å². The Bertz CT molecular complexity index is 1150. The summed E-state index contributed by atoms with van der Waals surface area (Å²) in [6, 6.07) is 21.0. The second-order valence-electron chi connectivity index (χ2n) is 7.23. The van der Waals surface area contributed by atoms with Gasteiger partial charge in [0.15, 0.2) is 0 Å². The van der Waals surface area contributed by atoms with Crippen LogP contribution < -0.4 is 10.2 Å². The van der Waals surface area contributed by atoms with Crippen LogP contribution in [0.15, 0.2) is 77.7 Å². The molecule has 1 saturated heterocycles. The molecule has 1 unspecified atom stereocenters. The molecule has 1 aliphatic rings. The molecule has 0 radical (unpaired) electrons. The minimum Gasteiger partial charge on any atom is -0.326 e. The van der Waals surface area contributed by atoms with E-state index in [1.165, 1.54) is 16.7 Å². The molecule has 1 N–H and O–H groups in total. The van der Waals surface area contributed by atoms with Gasteiger partial charge in [-0.25, -0.2) is 4.90 Å². The predicted octanol–water partition coefficient (Wildman–Crippen LogP) is 5.60. The number of benzene rings is 3. The van der Waals surface area contributed by atoms with Gasteiger partial charge in [0.1, 0.15) is 0 Å². The molecule has 0 bridgehead atoms. The van der Waals surface area contributed by atoms with Crippen molar-refractivity contribution in [2.75, 3.05) is 10.2 Å². The Morgan fingerprint density at radius 2 is 1.50 bits per heavy atom. The van der Waals surface area contributed by atoms with Gasteiger partial charge in [-0.3, -0.25) is 14.4 Å². The molecule has 1 fully saturated rings. The van der Waals surface area contributed by atoms with E-state index >= 15 is 0 Å². The van der Waals surface area contributed by atoms with Crippen LogP contribution in [0.4, 0.5) is 11.4 Å². The molecule has 5 nitrogen and oxygen atoms in total. The van der Waals surface area contributed by atoms with Gasteiger partial charge in [-0.15, -0.1) is 11.8 Å². The Kier molecular flexibility index (Phi) is 6.84. The average molecular weight is 485 g/mol. The number of hydrogen-bond acceptors (Lipinski definition) is 4. The standard InChI is InChI=1S/C24H18Cl2N2O3S/c25-16-3-1-15(2-4-16)13-22(29)27-18-7-11-20(12-8-18)32-21-14-23(30)28(24(21)31)19-9-5-17(26)6-10-19/h1-12,21H,13-14H2,(H,27,29). The van der Waals surface area contributed by atoms with E-state index in [4.69, 9.17) is 23.2 Å². The summed E-state index contributed by atoms with van der Waals surface area (Å²) in [4.78, 5) is 39.5. The molecule has 0 aromatic heterocycles. The zero-order valence-corrected chi connectivity index (χ0v) is 19.1. The van der Waals surface area contributed by atoms with Gasteiger partial charge in [0.05, 0.1) is 17.4 Å². The van der Waals surface area contributed by atoms with Gasteiger partial charge in [0.25, 0.3) is 0 Å². The first-order valence-corrected chi connectivity index (χ1v) is 11.5. The molecular weight excluding hydrogens is 467 g/mol. The summed E-state index contributed by atoms with van der Waals surface area (Å²) in [5.41, 5.74) is 2.05. The number of carbonyl (C=O) groups is 3. The van der Waals surface area contributed by atoms with Crippen molar-refractivity contribution < 1.29 is 14.4 Å². The Morgan fingerprint density at radius 3 is 2.12 bits per heavy atom. The zero-order valence-electron chi connectivity index (χ0n) is 16.8. The van der Waals surface area contributed by atoms with Crippen molar-refractivity contribution >= 4 is 64.1 Å². The second kappa shape index (κ2) is 9.77. The number of thioether (sulfide) groups is 1. The van der Waals surface area contributed by atoms with Crippen LogP contribution in [-0.2, 0) is 20.8 Å². The number of imide groups is 1. The quantitative estimate of drug-likeness (QED) is 0.462. The van der Waals surface area contributed by atoms with Crippen LogP contribution in [0.5, 0.6) is 0 Å². The largest absolute Gasteiger partial charge is 0.326 e. The maximum Gasteiger partial charge on any atom is 0.247 e. The maximum absolute atomic E-state index is 12.8. The van der Waals surface area contributed by atoms with Crippen LogP contribution in [0.2, 0.25) is 10.0 Å². The summed E-state index contributed by atoms with van der Waals surface area (Å²) in [6.45, 7) is 0. The SMILES string of the molecule is O=C(Cc1ccc(Cl)cc1)Nc1ccc(SC2CC(=O)N(c3ccc(Cl)cc3)C2=O)cc1. The second-order valence-corrected chi connectivity index (χ2v) is 9.38. The molecule has 0 saturated carbocycles. The van der Waals surface area contributed by atoms with Crippen molar-refractivity contribution in [1.29, 1.82) is 0 Å². The number of nitrogens with zero attached hydrogens (tertiary/aromatic N) is 1. The Balaban J connectivity index is 1.35. The lowest BCUT2D eigenvalue weighted by molar-refractivity contribution is -0.121. The number of amides is 3. The van der Waals surface area contributed by atoms with Crippen LogP contribution in [0.3, 0.4) is 0 Å². The molecule has 1 aliphatic heterocycles. The minimum absolute atomic E-state index is 0.131. The number of rotatable bonds is 6. The summed E-state index contributed by atoms with van der Waals surface area (Å²) in [6.07, 6.45) is 0.374. The first kappa shape index (κ1) is 22.4. The third kappa shape index (κ3) is 5.33. The van der Waals surface area contributed by atoms with Crippen LogP contribution in [0.25, 0.3) is 0 Å². The molecule has 3 aromatic carbocycles. The summed E-state index contributed by atoms with van der Waals surface area (Å²) >= 11 is 13.1. The summed E-state index contributed by atoms with van der Waals surface area (Å²) in [5, 5.41) is 3.52. The van der Waals surface area contributed by atoms with Crippen LogP contribution in [0.1, 0.15) is 12.0 Å². The smallest absolute Gasteiger partial charge is 0.247 e. The van der Waals surface area contributed by atoms with E-state index < -0.39 is 5.25 Å². The molecule has 162 valence electrons. The molecule has 3 aromatic rings. The fourth-order valence-electron chi connectivity index (χ4n) is 3.33. The first-order chi connectivity index (χ1) is 15.4. The van der Waals surface area contributed by atoms with Crippen molar-refractivity contribution in [2.45, 2.75) is 23.0 Å². The third-order valence-corrected chi connectivity index (χ3v) is 6.59. The molecule has 0 aliphatic carbocycles. The van der Waals surface area contributed by atoms with Gasteiger partial charge in [-0.05, 0) is 66.2 Å². The van der Waals surface area contributed by atoms with Gasteiger partial charge in [0, 0.05) is 27.0 Å². The van der Waals surface area contributed by atoms with E-state index in [2.05, 4.69) is 5.32 Å². The highest BCUT2D eigenvalue weighted by atomic mass is 35.5. The maximum atomic E-state index is 12.8. The van der Waals surface area contributed by atoms with Crippen molar-refractivity contribution in [3.8, 4) is 0 Å². The first-order valence-electron chi connectivity index (χ1n) is 9.82. The van der Waals surface area contributed by atoms with Crippen molar-refractivity contribution in [3.63, 3.8) is 0 Å². The lowest BCUT2D eigenvalue weighted by Gasteiger charge is -2.15. The van der Waals surface area contributed by atoms with E-state index in [1.54, 1.807) is 48.5 Å². The van der Waals surface area contributed by atoms with E-state index in [-0.39, 0.29) is 30.6 Å². The summed E-state index contributed by atoms with van der Waals surface area (Å²) < 4.78 is 0. The number of halogens is 2. The lowest BCUT2D eigenvalue weighted by atomic mass is 10.1. The molecule has 32 heavy (non-hydrogen) atoms. The molecule has 3 amide bonds. The number of carbonyl (C=O) groups excluding carboxylic acids is 3. The van der Waals surface area contributed by atoms with Crippen molar-refractivity contribution in [1.82, 2.24) is 0 Å². The highest BCUT2D eigenvalue weighted by Gasteiger charge is 2.40. The monoisotopic (exact) mass is 484 g/mol. The van der Waals surface area contributed by atoms with Crippen LogP contribution in [-0.4, -0.2) is 23.0 Å². The van der Waals surface area contributed by atoms with Crippen LogP contribution in [0, 0.1) is 0 Å². The van der Waals surface area contributed by atoms with Crippen LogP contribution >= 0.6 is 35.0 Å². The van der Waals surface area contributed by atoms with Crippen molar-refractivity contribution in [3.05, 3.63) is 88.4 Å². The summed E-state index contributed by atoms with van der Waals surface area (Å²) in [7, 11) is 0. The number of nitrogens with one attached hydrogen (secondary N) is 1. The molecule has 0 spiro atoms. The van der Waals surface area contributed by atoms with Gasteiger partial charge < -0.3 is 5.32 Å². The highest BCUT2D eigenvalue weighted by Crippen LogP contribution is 2.34. The normalized spacial score (nSPS) is 15.8. The third-order valence-electron chi connectivity index (χ3n) is 4.88. The Labute approximate surface area is 199 Å². The molecule has 4 rings (SSSR count). The van der Waals surface area contributed by atoms with E-state index in [1.807, 2.05) is 24.3 Å². The molecule has 1 heterocycles. The van der Waals surface area contributed by atoms with E-state index in [0.29, 0.717) is 21.4 Å². The fourth-order valence-corrected chi connectivity index (χ4v) is 4.64. The predicted molar refractivity (Wildman–Crippen MR) is 128 cm³/mol. The Morgan fingerprint density at radius 1 is 0.906 bits per heavy atom. The molecule has 8 heteroatoms. The van der Waals surface area contributed by atoms with Gasteiger partial charge in [-0.1, -0.05) is 35.3 Å². The molecule has 1 atom stereocenters.